The minimum Gasteiger partial charge on any atom is -0.497 e. The number of fused-ring (bicyclic) bond motifs is 1. The molecule has 0 atom stereocenters. The van der Waals surface area contributed by atoms with E-state index in [0.717, 1.165) is 0 Å². The molecule has 0 spiro atoms. The number of ether oxygens (including phenoxy) is 2. The molecule has 3 aromatic carbocycles. The highest BCUT2D eigenvalue weighted by molar-refractivity contribution is 7.92. The number of nitro benzene ring substituents is 1. The third kappa shape index (κ3) is 4.87. The number of aromatic nitrogens is 1. The molecule has 0 unspecified atom stereocenters. The van der Waals surface area contributed by atoms with E-state index in [4.69, 9.17) is 9.47 Å². The zero-order valence-electron chi connectivity index (χ0n) is 18.6. The molecule has 0 bridgehead atoms. The number of rotatable bonds is 8. The Kier molecular flexibility index (Phi) is 6.30. The lowest BCUT2D eigenvalue weighted by atomic mass is 10.1. The molecule has 180 valence electrons. The molecule has 0 saturated heterocycles. The van der Waals surface area contributed by atoms with Crippen LogP contribution < -0.4 is 19.5 Å². The Hall–Kier alpha value is -4.58. The molecule has 12 heteroatoms. The van der Waals surface area contributed by atoms with Gasteiger partial charge in [-0.3, -0.25) is 19.6 Å². The molecule has 3 N–H and O–H groups in total. The highest BCUT2D eigenvalue weighted by Gasteiger charge is 2.22. The third-order valence-corrected chi connectivity index (χ3v) is 6.58. The second-order valence-corrected chi connectivity index (χ2v) is 8.99. The van der Waals surface area contributed by atoms with Crippen molar-refractivity contribution >= 4 is 43.9 Å². The topological polar surface area (TPSA) is 153 Å². The van der Waals surface area contributed by atoms with Crippen molar-refractivity contribution in [1.29, 1.82) is 0 Å². The minimum absolute atomic E-state index is 0.0757. The average Bonchev–Trinajstić information content (AvgIpc) is 3.27. The summed E-state index contributed by atoms with van der Waals surface area (Å²) in [5.41, 5.74) is 1.05. The number of non-ortho nitro benzene ring substituents is 1. The summed E-state index contributed by atoms with van der Waals surface area (Å²) in [6, 6.07) is 14.6. The highest BCUT2D eigenvalue weighted by Crippen LogP contribution is 2.30. The second-order valence-electron chi connectivity index (χ2n) is 7.34. The normalized spacial score (nSPS) is 11.1. The predicted molar refractivity (Wildman–Crippen MR) is 130 cm³/mol. The number of nitro groups is 1. The zero-order valence-corrected chi connectivity index (χ0v) is 19.4. The number of hydrogen-bond donors (Lipinski definition) is 3. The fourth-order valence-electron chi connectivity index (χ4n) is 3.44. The summed E-state index contributed by atoms with van der Waals surface area (Å²) in [5, 5.41) is 14.1. The zero-order chi connectivity index (χ0) is 25.2. The Bertz CT molecular complexity index is 1530. The van der Waals surface area contributed by atoms with Crippen LogP contribution in [0.2, 0.25) is 0 Å². The van der Waals surface area contributed by atoms with Gasteiger partial charge in [-0.1, -0.05) is 0 Å². The lowest BCUT2D eigenvalue weighted by Gasteiger charge is -2.14. The summed E-state index contributed by atoms with van der Waals surface area (Å²) >= 11 is 0. The molecular formula is C23H20N4O7S. The number of H-pyrrole nitrogens is 1. The number of sulfonamides is 1. The Balaban J connectivity index is 1.63. The number of carbonyl (C=O) groups excluding carboxylic acids is 1. The maximum absolute atomic E-state index is 13.1. The van der Waals surface area contributed by atoms with Gasteiger partial charge in [0.1, 0.15) is 16.4 Å². The maximum Gasteiger partial charge on any atom is 0.270 e. The summed E-state index contributed by atoms with van der Waals surface area (Å²) in [5.74, 6) is 0.0676. The first-order valence-corrected chi connectivity index (χ1v) is 11.6. The molecule has 0 aliphatic heterocycles. The van der Waals surface area contributed by atoms with Gasteiger partial charge in [0, 0.05) is 40.6 Å². The lowest BCUT2D eigenvalue weighted by Crippen LogP contribution is -2.16. The Morgan fingerprint density at radius 2 is 1.69 bits per heavy atom. The molecule has 1 aromatic heterocycles. The van der Waals surface area contributed by atoms with E-state index in [1.807, 2.05) is 0 Å². The van der Waals surface area contributed by atoms with Gasteiger partial charge in [0.15, 0.2) is 0 Å². The summed E-state index contributed by atoms with van der Waals surface area (Å²) in [4.78, 5) is 26.2. The number of amides is 1. The molecule has 0 aliphatic rings. The van der Waals surface area contributed by atoms with E-state index in [9.17, 15) is 23.3 Å². The molecular weight excluding hydrogens is 476 g/mol. The van der Waals surface area contributed by atoms with Gasteiger partial charge in [-0.25, -0.2) is 8.42 Å². The van der Waals surface area contributed by atoms with Gasteiger partial charge in [-0.2, -0.15) is 0 Å². The Morgan fingerprint density at radius 1 is 0.971 bits per heavy atom. The number of aromatic amines is 1. The van der Waals surface area contributed by atoms with Crippen LogP contribution in [-0.4, -0.2) is 38.5 Å². The van der Waals surface area contributed by atoms with Crippen molar-refractivity contribution in [3.63, 3.8) is 0 Å². The van der Waals surface area contributed by atoms with Crippen LogP contribution in [0.1, 0.15) is 10.4 Å². The molecule has 1 heterocycles. The van der Waals surface area contributed by atoms with E-state index >= 15 is 0 Å². The van der Waals surface area contributed by atoms with Gasteiger partial charge >= 0.3 is 0 Å². The molecule has 1 amide bonds. The standard InChI is InChI=1S/C23H20N4O7S/c1-33-17-7-3-14(4-8-17)26-35(31,32)22-11-15(5-10-21(22)34-2)25-23(28)19-13-24-20-9-6-16(27(29)30)12-18(19)20/h3-13,24,26H,1-2H3,(H,25,28). The monoisotopic (exact) mass is 496 g/mol. The van der Waals surface area contributed by atoms with Crippen molar-refractivity contribution in [2.75, 3.05) is 24.3 Å². The van der Waals surface area contributed by atoms with Crippen LogP contribution in [-0.2, 0) is 10.0 Å². The first-order valence-electron chi connectivity index (χ1n) is 10.1. The summed E-state index contributed by atoms with van der Waals surface area (Å²) in [6.07, 6.45) is 1.43. The van der Waals surface area contributed by atoms with Crippen molar-refractivity contribution in [3.05, 3.63) is 82.5 Å². The quantitative estimate of drug-likeness (QED) is 0.245. The smallest absolute Gasteiger partial charge is 0.270 e. The van der Waals surface area contributed by atoms with Crippen LogP contribution in [0, 0.1) is 10.1 Å². The number of anilines is 2. The second kappa shape index (κ2) is 9.35. The van der Waals surface area contributed by atoms with Crippen LogP contribution in [0.15, 0.2) is 71.8 Å². The fraction of sp³-hybridized carbons (Fsp3) is 0.0870. The van der Waals surface area contributed by atoms with Gasteiger partial charge in [0.05, 0.1) is 24.7 Å². The van der Waals surface area contributed by atoms with E-state index in [1.54, 1.807) is 24.3 Å². The molecule has 35 heavy (non-hydrogen) atoms. The summed E-state index contributed by atoms with van der Waals surface area (Å²) in [7, 11) is -1.25. The van der Waals surface area contributed by atoms with Crippen LogP contribution >= 0.6 is 0 Å². The Morgan fingerprint density at radius 3 is 2.34 bits per heavy atom. The minimum atomic E-state index is -4.09. The number of nitrogens with one attached hydrogen (secondary N) is 3. The molecule has 4 aromatic rings. The van der Waals surface area contributed by atoms with Crippen LogP contribution in [0.5, 0.6) is 11.5 Å². The maximum atomic E-state index is 13.1. The van der Waals surface area contributed by atoms with Gasteiger partial charge in [0.2, 0.25) is 0 Å². The molecule has 0 saturated carbocycles. The summed E-state index contributed by atoms with van der Waals surface area (Å²) < 4.78 is 38.9. The SMILES string of the molecule is COc1ccc(NS(=O)(=O)c2cc(NC(=O)c3c[nH]c4ccc([N+](=O)[O-])cc34)ccc2OC)cc1. The number of hydrogen-bond acceptors (Lipinski definition) is 7. The first kappa shape index (κ1) is 23.6. The molecule has 0 aliphatic carbocycles. The van der Waals surface area contributed by atoms with Gasteiger partial charge < -0.3 is 19.8 Å². The van der Waals surface area contributed by atoms with Gasteiger partial charge in [-0.15, -0.1) is 0 Å². The number of nitrogens with zero attached hydrogens (tertiary/aromatic N) is 1. The molecule has 11 nitrogen and oxygen atoms in total. The van der Waals surface area contributed by atoms with E-state index < -0.39 is 20.9 Å². The predicted octanol–water partition coefficient (Wildman–Crippen LogP) is 4.15. The van der Waals surface area contributed by atoms with Gasteiger partial charge in [0.25, 0.3) is 21.6 Å². The van der Waals surface area contributed by atoms with Crippen LogP contribution in [0.3, 0.4) is 0 Å². The van der Waals surface area contributed by atoms with E-state index in [2.05, 4.69) is 15.0 Å². The lowest BCUT2D eigenvalue weighted by molar-refractivity contribution is -0.384. The van der Waals surface area contributed by atoms with Crippen LogP contribution in [0.4, 0.5) is 17.1 Å². The fourth-order valence-corrected chi connectivity index (χ4v) is 4.70. The van der Waals surface area contributed by atoms with Crippen molar-refractivity contribution in [2.24, 2.45) is 0 Å². The molecule has 0 fully saturated rings. The first-order chi connectivity index (χ1) is 16.7. The highest BCUT2D eigenvalue weighted by atomic mass is 32.2. The number of benzene rings is 3. The average molecular weight is 497 g/mol. The van der Waals surface area contributed by atoms with Crippen LogP contribution in [0.25, 0.3) is 10.9 Å². The largest absolute Gasteiger partial charge is 0.497 e. The Labute approximate surface area is 199 Å². The van der Waals surface area contributed by atoms with E-state index in [1.165, 1.54) is 56.8 Å². The van der Waals surface area contributed by atoms with Crippen molar-refractivity contribution in [2.45, 2.75) is 4.90 Å². The number of methoxy groups -OCH3 is 2. The van der Waals surface area contributed by atoms with E-state index in [-0.39, 0.29) is 27.6 Å². The number of carbonyl (C=O) groups is 1. The van der Waals surface area contributed by atoms with Crippen molar-refractivity contribution in [1.82, 2.24) is 4.98 Å². The molecule has 0 radical (unpaired) electrons. The van der Waals surface area contributed by atoms with Gasteiger partial charge in [-0.05, 0) is 48.5 Å². The summed E-state index contributed by atoms with van der Waals surface area (Å²) in [6.45, 7) is 0. The van der Waals surface area contributed by atoms with E-state index in [0.29, 0.717) is 22.3 Å². The molecule has 4 rings (SSSR count). The van der Waals surface area contributed by atoms with Crippen molar-refractivity contribution in [3.8, 4) is 11.5 Å². The third-order valence-electron chi connectivity index (χ3n) is 5.17. The van der Waals surface area contributed by atoms with Crippen molar-refractivity contribution < 1.29 is 27.6 Å².